The van der Waals surface area contributed by atoms with Crippen molar-refractivity contribution in [3.05, 3.63) is 53.1 Å². The first kappa shape index (κ1) is 14.6. The minimum atomic E-state index is -0.583. The van der Waals surface area contributed by atoms with Gasteiger partial charge in [0, 0.05) is 5.57 Å². The molecular formula is C18H20N2O2. The van der Waals surface area contributed by atoms with E-state index in [1.165, 1.54) is 6.42 Å². The Morgan fingerprint density at radius 3 is 2.45 bits per heavy atom. The van der Waals surface area contributed by atoms with Gasteiger partial charge in [0.05, 0.1) is 0 Å². The second kappa shape index (κ2) is 5.79. The summed E-state index contributed by atoms with van der Waals surface area (Å²) < 4.78 is 5.82. The molecule has 114 valence electrons. The minimum Gasteiger partial charge on any atom is -0.466 e. The van der Waals surface area contributed by atoms with Gasteiger partial charge in [0.2, 0.25) is 5.90 Å². The largest absolute Gasteiger partial charge is 0.466 e. The van der Waals surface area contributed by atoms with Crippen molar-refractivity contribution in [2.45, 2.75) is 37.7 Å². The van der Waals surface area contributed by atoms with Crippen LogP contribution in [0.1, 0.15) is 37.7 Å². The Balaban J connectivity index is 2.02. The maximum atomic E-state index is 11.8. The molecule has 4 heteroatoms. The number of carbonyl (C=O) groups excluding carboxylic acids is 1. The molecule has 1 heterocycles. The Labute approximate surface area is 130 Å². The quantitative estimate of drug-likeness (QED) is 0.898. The van der Waals surface area contributed by atoms with Crippen LogP contribution in [0.25, 0.3) is 6.08 Å². The smallest absolute Gasteiger partial charge is 0.254 e. The molecule has 0 radical (unpaired) electrons. The summed E-state index contributed by atoms with van der Waals surface area (Å²) in [5.74, 6) is -0.665. The number of hydrogen-bond acceptors (Lipinski definition) is 3. The summed E-state index contributed by atoms with van der Waals surface area (Å²) in [6.45, 7) is 0. The molecule has 1 aromatic carbocycles. The van der Waals surface area contributed by atoms with Gasteiger partial charge >= 0.3 is 0 Å². The summed E-state index contributed by atoms with van der Waals surface area (Å²) in [5, 5.41) is 8.00. The number of benzene rings is 1. The van der Waals surface area contributed by atoms with E-state index in [1.54, 1.807) is 0 Å². The summed E-state index contributed by atoms with van der Waals surface area (Å²) in [5.41, 5.74) is 7.00. The second-order valence-electron chi connectivity index (χ2n) is 5.88. The van der Waals surface area contributed by atoms with Gasteiger partial charge in [0.1, 0.15) is 11.2 Å². The van der Waals surface area contributed by atoms with Gasteiger partial charge in [-0.2, -0.15) is 0 Å². The summed E-state index contributed by atoms with van der Waals surface area (Å²) in [4.78, 5) is 11.8. The minimum absolute atomic E-state index is 0.0814. The molecule has 0 saturated heterocycles. The van der Waals surface area contributed by atoms with Crippen LogP contribution in [0.5, 0.6) is 0 Å². The average Bonchev–Trinajstić information content (AvgIpc) is 2.78. The molecule has 1 aliphatic heterocycles. The summed E-state index contributed by atoms with van der Waals surface area (Å²) in [7, 11) is 0. The lowest BCUT2D eigenvalue weighted by molar-refractivity contribution is -0.114. The first-order valence-corrected chi connectivity index (χ1v) is 7.68. The van der Waals surface area contributed by atoms with Gasteiger partial charge < -0.3 is 10.5 Å². The van der Waals surface area contributed by atoms with Gasteiger partial charge in [-0.15, -0.1) is 0 Å². The predicted octanol–water partition coefficient (Wildman–Crippen LogP) is 3.19. The fraction of sp³-hybridized carbons (Fsp3) is 0.333. The molecule has 3 rings (SSSR count). The zero-order valence-electron chi connectivity index (χ0n) is 12.5. The van der Waals surface area contributed by atoms with Crippen LogP contribution in [0.3, 0.4) is 0 Å². The SMILES string of the molecule is N=C1OC2(CCCCC2)C(/C=C/c2ccccc2)=C1C(N)=O. The number of amides is 1. The van der Waals surface area contributed by atoms with E-state index in [9.17, 15) is 4.79 Å². The van der Waals surface area contributed by atoms with Gasteiger partial charge in [-0.25, -0.2) is 0 Å². The third-order valence-electron chi connectivity index (χ3n) is 4.43. The molecule has 0 atom stereocenters. The monoisotopic (exact) mass is 296 g/mol. The number of nitrogens with one attached hydrogen (secondary N) is 1. The molecule has 1 aromatic rings. The van der Waals surface area contributed by atoms with Gasteiger partial charge in [-0.1, -0.05) is 48.9 Å². The molecule has 1 aliphatic carbocycles. The van der Waals surface area contributed by atoms with Crippen LogP contribution in [-0.2, 0) is 9.53 Å². The third-order valence-corrected chi connectivity index (χ3v) is 4.43. The van der Waals surface area contributed by atoms with Crippen molar-refractivity contribution in [2.75, 3.05) is 0 Å². The zero-order valence-corrected chi connectivity index (χ0v) is 12.5. The number of primary amides is 1. The fourth-order valence-corrected chi connectivity index (χ4v) is 3.37. The highest BCUT2D eigenvalue weighted by Gasteiger charge is 2.46. The van der Waals surface area contributed by atoms with Crippen molar-refractivity contribution in [2.24, 2.45) is 5.73 Å². The molecule has 4 nitrogen and oxygen atoms in total. The maximum Gasteiger partial charge on any atom is 0.254 e. The highest BCUT2D eigenvalue weighted by atomic mass is 16.5. The standard InChI is InChI=1S/C18H20N2O2/c19-16(21)15-14(10-9-13-7-3-1-4-8-13)18(22-17(15)20)11-5-2-6-12-18/h1,3-4,7-10,20H,2,5-6,11-12H2,(H2,19,21)/b10-9+,20-17?. The van der Waals surface area contributed by atoms with Crippen LogP contribution in [-0.4, -0.2) is 17.4 Å². The Kier molecular flexibility index (Phi) is 3.84. The normalized spacial score (nSPS) is 20.6. The van der Waals surface area contributed by atoms with Gasteiger partial charge in [-0.05, 0) is 31.2 Å². The van der Waals surface area contributed by atoms with Crippen LogP contribution in [0.4, 0.5) is 0 Å². The van der Waals surface area contributed by atoms with Crippen molar-refractivity contribution >= 4 is 17.9 Å². The van der Waals surface area contributed by atoms with Crippen LogP contribution in [0.15, 0.2) is 47.6 Å². The molecular weight excluding hydrogens is 276 g/mol. The number of rotatable bonds is 3. The lowest BCUT2D eigenvalue weighted by Crippen LogP contribution is -2.33. The van der Waals surface area contributed by atoms with E-state index in [4.69, 9.17) is 15.9 Å². The lowest BCUT2D eigenvalue weighted by atomic mass is 9.78. The average molecular weight is 296 g/mol. The van der Waals surface area contributed by atoms with Crippen molar-refractivity contribution < 1.29 is 9.53 Å². The predicted molar refractivity (Wildman–Crippen MR) is 86.3 cm³/mol. The van der Waals surface area contributed by atoms with E-state index in [0.717, 1.165) is 36.8 Å². The molecule has 2 aliphatic rings. The first-order chi connectivity index (χ1) is 10.6. The van der Waals surface area contributed by atoms with E-state index in [0.29, 0.717) is 0 Å². The summed E-state index contributed by atoms with van der Waals surface area (Å²) in [6, 6.07) is 9.88. The molecule has 0 unspecified atom stereocenters. The molecule has 1 saturated carbocycles. The maximum absolute atomic E-state index is 11.8. The number of carbonyl (C=O) groups is 1. The lowest BCUT2D eigenvalue weighted by Gasteiger charge is -2.34. The summed E-state index contributed by atoms with van der Waals surface area (Å²) >= 11 is 0. The fourth-order valence-electron chi connectivity index (χ4n) is 3.37. The molecule has 1 amide bonds. The Hall–Kier alpha value is -2.36. The highest BCUT2D eigenvalue weighted by Crippen LogP contribution is 2.44. The Morgan fingerprint density at radius 2 is 1.82 bits per heavy atom. The second-order valence-corrected chi connectivity index (χ2v) is 5.88. The molecule has 1 fully saturated rings. The van der Waals surface area contributed by atoms with E-state index in [-0.39, 0.29) is 11.5 Å². The molecule has 1 spiro atoms. The summed E-state index contributed by atoms with van der Waals surface area (Å²) in [6.07, 6.45) is 8.78. The van der Waals surface area contributed by atoms with E-state index < -0.39 is 11.5 Å². The Morgan fingerprint density at radius 1 is 1.14 bits per heavy atom. The van der Waals surface area contributed by atoms with Crippen LogP contribution >= 0.6 is 0 Å². The number of ether oxygens (including phenoxy) is 1. The van der Waals surface area contributed by atoms with E-state index in [2.05, 4.69) is 0 Å². The van der Waals surface area contributed by atoms with Gasteiger partial charge in [0.25, 0.3) is 5.91 Å². The molecule has 0 aromatic heterocycles. The van der Waals surface area contributed by atoms with Gasteiger partial charge in [0.15, 0.2) is 0 Å². The Bertz CT molecular complexity index is 653. The van der Waals surface area contributed by atoms with Crippen molar-refractivity contribution in [3.63, 3.8) is 0 Å². The van der Waals surface area contributed by atoms with Crippen molar-refractivity contribution in [1.29, 1.82) is 5.41 Å². The third kappa shape index (κ3) is 2.56. The van der Waals surface area contributed by atoms with Crippen LogP contribution in [0.2, 0.25) is 0 Å². The van der Waals surface area contributed by atoms with Crippen molar-refractivity contribution in [1.82, 2.24) is 0 Å². The zero-order chi connectivity index (χ0) is 15.6. The first-order valence-electron chi connectivity index (χ1n) is 7.68. The molecule has 22 heavy (non-hydrogen) atoms. The molecule has 0 bridgehead atoms. The molecule has 3 N–H and O–H groups in total. The van der Waals surface area contributed by atoms with Gasteiger partial charge in [-0.3, -0.25) is 10.2 Å². The number of nitrogens with two attached hydrogens (primary N) is 1. The van der Waals surface area contributed by atoms with Crippen molar-refractivity contribution in [3.8, 4) is 0 Å². The van der Waals surface area contributed by atoms with Crippen LogP contribution < -0.4 is 5.73 Å². The topological polar surface area (TPSA) is 76.2 Å². The van der Waals surface area contributed by atoms with Crippen LogP contribution in [0, 0.1) is 5.41 Å². The van der Waals surface area contributed by atoms with E-state index >= 15 is 0 Å². The highest BCUT2D eigenvalue weighted by molar-refractivity contribution is 6.19. The number of hydrogen-bond donors (Lipinski definition) is 2. The van der Waals surface area contributed by atoms with E-state index in [1.807, 2.05) is 42.5 Å².